The van der Waals surface area contributed by atoms with Crippen LogP contribution in [-0.2, 0) is 4.74 Å². The maximum atomic E-state index is 10.00. The van der Waals surface area contributed by atoms with Crippen molar-refractivity contribution in [3.63, 3.8) is 0 Å². The molecule has 3 N–H and O–H groups in total. The van der Waals surface area contributed by atoms with Crippen molar-refractivity contribution >= 4 is 11.0 Å². The van der Waals surface area contributed by atoms with Gasteiger partial charge < -0.3 is 24.8 Å². The summed E-state index contributed by atoms with van der Waals surface area (Å²) in [4.78, 5) is 8.03. The molecule has 4 atom stereocenters. The van der Waals surface area contributed by atoms with Gasteiger partial charge in [0.15, 0.2) is 11.9 Å². The van der Waals surface area contributed by atoms with Crippen molar-refractivity contribution in [2.45, 2.75) is 24.5 Å². The van der Waals surface area contributed by atoms with Gasteiger partial charge in [-0.05, 0) is 0 Å². The Morgan fingerprint density at radius 3 is 2.80 bits per heavy atom. The zero-order valence-corrected chi connectivity index (χ0v) is 10.6. The molecule has 20 heavy (non-hydrogen) atoms. The number of aromatic nitrogens is 4. The number of aliphatic hydroxyl groups is 3. The Balaban J connectivity index is 2.03. The third-order valence-corrected chi connectivity index (χ3v) is 3.31. The molecule has 2 aromatic heterocycles. The topological polar surface area (TPSA) is 123 Å². The molecule has 1 aliphatic rings. The van der Waals surface area contributed by atoms with E-state index in [2.05, 4.69) is 15.1 Å². The normalized spacial score (nSPS) is 30.0. The Hall–Kier alpha value is -1.81. The van der Waals surface area contributed by atoms with Crippen LogP contribution in [-0.4, -0.2) is 67.1 Å². The number of hydrogen-bond donors (Lipinski definition) is 3. The van der Waals surface area contributed by atoms with Gasteiger partial charge in [0.2, 0.25) is 5.88 Å². The molecule has 2 aromatic rings. The molecule has 3 rings (SSSR count). The molecule has 0 radical (unpaired) electrons. The summed E-state index contributed by atoms with van der Waals surface area (Å²) in [6.07, 6.45) is -1.40. The summed E-state index contributed by atoms with van der Waals surface area (Å²) >= 11 is 0. The van der Waals surface area contributed by atoms with Crippen molar-refractivity contribution in [2.75, 3.05) is 13.7 Å². The number of rotatable bonds is 3. The SMILES string of the molecule is COc1ncnc2c1cnn2[C@@H]1O[C@@H](CO)[C@@H](O)[C@@H]1O. The molecular weight excluding hydrogens is 268 g/mol. The third kappa shape index (κ3) is 1.83. The highest BCUT2D eigenvalue weighted by atomic mass is 16.6. The van der Waals surface area contributed by atoms with E-state index in [1.54, 1.807) is 0 Å². The first kappa shape index (κ1) is 13.2. The van der Waals surface area contributed by atoms with Gasteiger partial charge in [-0.25, -0.2) is 14.6 Å². The first-order valence-electron chi connectivity index (χ1n) is 6.02. The van der Waals surface area contributed by atoms with Crippen LogP contribution in [0.25, 0.3) is 11.0 Å². The number of aliphatic hydroxyl groups excluding tert-OH is 3. The summed E-state index contributed by atoms with van der Waals surface area (Å²) < 4.78 is 11.8. The molecule has 1 aliphatic heterocycles. The summed E-state index contributed by atoms with van der Waals surface area (Å²) in [6, 6.07) is 0. The average Bonchev–Trinajstić information content (AvgIpc) is 3.01. The van der Waals surface area contributed by atoms with Crippen molar-refractivity contribution < 1.29 is 24.8 Å². The lowest BCUT2D eigenvalue weighted by molar-refractivity contribution is -0.0566. The van der Waals surface area contributed by atoms with Gasteiger partial charge >= 0.3 is 0 Å². The highest BCUT2D eigenvalue weighted by Gasteiger charge is 2.44. The third-order valence-electron chi connectivity index (χ3n) is 3.31. The summed E-state index contributed by atoms with van der Waals surface area (Å²) in [5.41, 5.74) is 0.409. The Labute approximate surface area is 113 Å². The number of ether oxygens (including phenoxy) is 2. The first-order chi connectivity index (χ1) is 9.67. The Morgan fingerprint density at radius 1 is 1.35 bits per heavy atom. The number of methoxy groups -OCH3 is 1. The summed E-state index contributed by atoms with van der Waals surface area (Å²) in [5, 5.41) is 33.5. The fourth-order valence-electron chi connectivity index (χ4n) is 2.27. The lowest BCUT2D eigenvalue weighted by Crippen LogP contribution is -2.33. The van der Waals surface area contributed by atoms with Crippen molar-refractivity contribution in [2.24, 2.45) is 0 Å². The Bertz CT molecular complexity index is 618. The Kier molecular flexibility index (Phi) is 3.26. The van der Waals surface area contributed by atoms with Gasteiger partial charge in [0.1, 0.15) is 30.0 Å². The van der Waals surface area contributed by atoms with Crippen LogP contribution in [0.5, 0.6) is 5.88 Å². The molecule has 3 heterocycles. The Morgan fingerprint density at radius 2 is 2.15 bits per heavy atom. The molecule has 9 nitrogen and oxygen atoms in total. The molecule has 0 unspecified atom stereocenters. The second-order valence-corrected chi connectivity index (χ2v) is 4.44. The molecule has 0 aliphatic carbocycles. The van der Waals surface area contributed by atoms with Crippen LogP contribution in [0.1, 0.15) is 6.23 Å². The fourth-order valence-corrected chi connectivity index (χ4v) is 2.27. The molecule has 9 heteroatoms. The number of nitrogens with zero attached hydrogens (tertiary/aromatic N) is 4. The predicted octanol–water partition coefficient (Wildman–Crippen LogP) is -1.55. The van der Waals surface area contributed by atoms with Crippen molar-refractivity contribution in [3.05, 3.63) is 12.5 Å². The fraction of sp³-hybridized carbons (Fsp3) is 0.545. The molecule has 1 fully saturated rings. The lowest BCUT2D eigenvalue weighted by atomic mass is 10.1. The molecule has 0 aromatic carbocycles. The van der Waals surface area contributed by atoms with Gasteiger partial charge in [0.05, 0.1) is 19.9 Å². The molecular formula is C11H14N4O5. The van der Waals surface area contributed by atoms with E-state index in [0.29, 0.717) is 16.9 Å². The quantitative estimate of drug-likeness (QED) is 0.618. The van der Waals surface area contributed by atoms with E-state index in [9.17, 15) is 10.2 Å². The molecule has 0 saturated carbocycles. The van der Waals surface area contributed by atoms with Crippen molar-refractivity contribution in [1.82, 2.24) is 19.7 Å². The maximum Gasteiger partial charge on any atom is 0.227 e. The van der Waals surface area contributed by atoms with Crippen LogP contribution in [0.2, 0.25) is 0 Å². The van der Waals surface area contributed by atoms with E-state index in [4.69, 9.17) is 14.6 Å². The van der Waals surface area contributed by atoms with E-state index in [1.807, 2.05) is 0 Å². The molecule has 0 bridgehead atoms. The minimum atomic E-state index is -1.21. The van der Waals surface area contributed by atoms with Crippen molar-refractivity contribution in [3.8, 4) is 5.88 Å². The molecule has 108 valence electrons. The van der Waals surface area contributed by atoms with E-state index in [0.717, 1.165) is 0 Å². The highest BCUT2D eigenvalue weighted by Crippen LogP contribution is 2.32. The molecule has 0 amide bonds. The second kappa shape index (κ2) is 4.94. The van der Waals surface area contributed by atoms with Gasteiger partial charge in [-0.2, -0.15) is 5.10 Å². The summed E-state index contributed by atoms with van der Waals surface area (Å²) in [5.74, 6) is 0.355. The zero-order valence-electron chi connectivity index (χ0n) is 10.6. The minimum absolute atomic E-state index is 0.355. The van der Waals surface area contributed by atoms with E-state index in [1.165, 1.54) is 24.3 Å². The highest BCUT2D eigenvalue weighted by molar-refractivity contribution is 5.79. The zero-order chi connectivity index (χ0) is 14.3. The maximum absolute atomic E-state index is 10.00. The van der Waals surface area contributed by atoms with Crippen molar-refractivity contribution in [1.29, 1.82) is 0 Å². The molecule has 0 spiro atoms. The van der Waals surface area contributed by atoms with Crippen LogP contribution in [0, 0.1) is 0 Å². The molecule has 1 saturated heterocycles. The second-order valence-electron chi connectivity index (χ2n) is 4.44. The van der Waals surface area contributed by atoms with Crippen LogP contribution in [0.3, 0.4) is 0 Å². The first-order valence-corrected chi connectivity index (χ1v) is 6.02. The smallest absolute Gasteiger partial charge is 0.227 e. The van der Waals surface area contributed by atoms with E-state index < -0.39 is 31.1 Å². The lowest BCUT2D eigenvalue weighted by Gasteiger charge is -2.15. The van der Waals surface area contributed by atoms with Crippen LogP contribution >= 0.6 is 0 Å². The monoisotopic (exact) mass is 282 g/mol. The average molecular weight is 282 g/mol. The summed E-state index contributed by atoms with van der Waals surface area (Å²) in [6.45, 7) is -0.397. The van der Waals surface area contributed by atoms with E-state index >= 15 is 0 Å². The van der Waals surface area contributed by atoms with Gasteiger partial charge in [0, 0.05) is 0 Å². The van der Waals surface area contributed by atoms with Crippen LogP contribution in [0.15, 0.2) is 12.5 Å². The van der Waals surface area contributed by atoms with Crippen LogP contribution in [0.4, 0.5) is 0 Å². The largest absolute Gasteiger partial charge is 0.480 e. The minimum Gasteiger partial charge on any atom is -0.480 e. The van der Waals surface area contributed by atoms with Gasteiger partial charge in [-0.3, -0.25) is 0 Å². The standard InChI is InChI=1S/C11H14N4O5/c1-19-10-5-2-14-15(9(5)12-4-13-10)11-8(18)7(17)6(3-16)20-11/h2,4,6-8,11,16-18H,3H2,1H3/t6-,7+,8-,11+/m0/s1. The number of fused-ring (bicyclic) bond motifs is 1. The summed E-state index contributed by atoms with van der Waals surface area (Å²) in [7, 11) is 1.48. The van der Waals surface area contributed by atoms with Gasteiger partial charge in [0.25, 0.3) is 0 Å². The van der Waals surface area contributed by atoms with Gasteiger partial charge in [-0.15, -0.1) is 0 Å². The van der Waals surface area contributed by atoms with Gasteiger partial charge in [-0.1, -0.05) is 0 Å². The number of hydrogen-bond acceptors (Lipinski definition) is 8. The van der Waals surface area contributed by atoms with Crippen LogP contribution < -0.4 is 4.74 Å². The predicted molar refractivity (Wildman–Crippen MR) is 64.9 cm³/mol. The van der Waals surface area contributed by atoms with E-state index in [-0.39, 0.29) is 0 Å².